The molecule has 0 aromatic heterocycles. The first-order chi connectivity index (χ1) is 10.5. The molecule has 1 spiro atoms. The van der Waals surface area contributed by atoms with E-state index >= 15 is 0 Å². The summed E-state index contributed by atoms with van der Waals surface area (Å²) < 4.78 is 26.0. The number of nitrogens with one attached hydrogen (secondary N) is 1. The zero-order valence-corrected chi connectivity index (χ0v) is 14.1. The summed E-state index contributed by atoms with van der Waals surface area (Å²) in [4.78, 5) is 2.52. The van der Waals surface area contributed by atoms with Crippen LogP contribution in [0.2, 0.25) is 0 Å². The quantitative estimate of drug-likeness (QED) is 0.905. The van der Waals surface area contributed by atoms with E-state index in [9.17, 15) is 8.42 Å². The number of piperidine rings is 1. The van der Waals surface area contributed by atoms with E-state index in [2.05, 4.69) is 40.0 Å². The van der Waals surface area contributed by atoms with Crippen molar-refractivity contribution in [3.05, 3.63) is 35.9 Å². The first-order valence-corrected chi connectivity index (χ1v) is 9.92. The van der Waals surface area contributed by atoms with Crippen LogP contribution < -0.4 is 4.72 Å². The Hall–Kier alpha value is -0.910. The second-order valence-electron chi connectivity index (χ2n) is 6.89. The molecule has 22 heavy (non-hydrogen) atoms. The number of hydrogen-bond donors (Lipinski definition) is 1. The Morgan fingerprint density at radius 1 is 1.18 bits per heavy atom. The molecule has 122 valence electrons. The average molecular weight is 322 g/mol. The second-order valence-corrected chi connectivity index (χ2v) is 8.93. The highest BCUT2D eigenvalue weighted by atomic mass is 32.2. The molecule has 1 aliphatic heterocycles. The van der Waals surface area contributed by atoms with Gasteiger partial charge in [-0.25, -0.2) is 13.1 Å². The summed E-state index contributed by atoms with van der Waals surface area (Å²) in [5.41, 5.74) is 1.77. The van der Waals surface area contributed by atoms with E-state index in [-0.39, 0.29) is 11.8 Å². The van der Waals surface area contributed by atoms with E-state index in [0.29, 0.717) is 5.41 Å². The summed E-state index contributed by atoms with van der Waals surface area (Å²) >= 11 is 0. The highest BCUT2D eigenvalue weighted by molar-refractivity contribution is 7.89. The topological polar surface area (TPSA) is 49.4 Å². The lowest BCUT2D eigenvalue weighted by Crippen LogP contribution is -2.54. The van der Waals surface area contributed by atoms with Gasteiger partial charge in [0.2, 0.25) is 10.0 Å². The molecular formula is C17H26N2O2S. The average Bonchev–Trinajstić information content (AvgIpc) is 2.49. The van der Waals surface area contributed by atoms with E-state index in [1.807, 2.05) is 0 Å². The molecule has 5 heteroatoms. The van der Waals surface area contributed by atoms with Crippen molar-refractivity contribution in [2.24, 2.45) is 5.41 Å². The minimum absolute atomic E-state index is 0.172. The lowest BCUT2D eigenvalue weighted by Gasteiger charge is -2.52. The molecule has 4 nitrogen and oxygen atoms in total. The minimum Gasteiger partial charge on any atom is -0.299 e. The van der Waals surface area contributed by atoms with E-state index in [4.69, 9.17) is 0 Å². The number of likely N-dealkylation sites (tertiary alicyclic amines) is 1. The monoisotopic (exact) mass is 322 g/mol. The Morgan fingerprint density at radius 3 is 2.41 bits per heavy atom. The van der Waals surface area contributed by atoms with Gasteiger partial charge in [-0.2, -0.15) is 0 Å². The number of benzene rings is 1. The van der Waals surface area contributed by atoms with Gasteiger partial charge in [-0.1, -0.05) is 30.3 Å². The smallest absolute Gasteiger partial charge is 0.211 e. The van der Waals surface area contributed by atoms with Crippen molar-refractivity contribution < 1.29 is 8.42 Å². The van der Waals surface area contributed by atoms with Crippen LogP contribution in [0.4, 0.5) is 0 Å². The number of hydrogen-bond acceptors (Lipinski definition) is 3. The summed E-state index contributed by atoms with van der Waals surface area (Å²) in [6.07, 6.45) is 4.44. The maximum Gasteiger partial charge on any atom is 0.211 e. The van der Waals surface area contributed by atoms with Gasteiger partial charge in [0.15, 0.2) is 0 Å². The molecule has 1 saturated heterocycles. The molecule has 1 aromatic carbocycles. The van der Waals surface area contributed by atoms with Crippen LogP contribution >= 0.6 is 0 Å². The van der Waals surface area contributed by atoms with Gasteiger partial charge in [-0.05, 0) is 56.7 Å². The Morgan fingerprint density at radius 2 is 1.82 bits per heavy atom. The van der Waals surface area contributed by atoms with Crippen LogP contribution in [-0.4, -0.2) is 38.2 Å². The van der Waals surface area contributed by atoms with Crippen molar-refractivity contribution in [3.8, 4) is 0 Å². The molecule has 1 aromatic rings. The standard InChI is InChI=1S/C17H26N2O2S/c1-2-22(20,21)18-16-12-17(13-16)8-10-19(11-9-17)14-15-6-4-3-5-7-15/h3-7,16,18H,2,8-14H2,1H3. The first-order valence-electron chi connectivity index (χ1n) is 8.27. The third-order valence-electron chi connectivity index (χ3n) is 5.25. The minimum atomic E-state index is -3.05. The van der Waals surface area contributed by atoms with Crippen molar-refractivity contribution in [2.45, 2.75) is 45.2 Å². The molecule has 2 fully saturated rings. The number of sulfonamides is 1. The fourth-order valence-corrected chi connectivity index (χ4v) is 4.68. The molecule has 0 radical (unpaired) electrons. The van der Waals surface area contributed by atoms with Gasteiger partial charge in [-0.15, -0.1) is 0 Å². The molecular weight excluding hydrogens is 296 g/mol. The fourth-order valence-electron chi connectivity index (χ4n) is 3.84. The molecule has 1 aliphatic carbocycles. The van der Waals surface area contributed by atoms with Crippen LogP contribution in [-0.2, 0) is 16.6 Å². The molecule has 1 saturated carbocycles. The van der Waals surface area contributed by atoms with Crippen molar-refractivity contribution in [3.63, 3.8) is 0 Å². The lowest BCUT2D eigenvalue weighted by atomic mass is 9.60. The summed E-state index contributed by atoms with van der Waals surface area (Å²) in [6, 6.07) is 10.8. The molecule has 0 amide bonds. The van der Waals surface area contributed by atoms with Gasteiger partial charge in [0, 0.05) is 12.6 Å². The molecule has 1 heterocycles. The van der Waals surface area contributed by atoms with Crippen LogP contribution in [0, 0.1) is 5.41 Å². The predicted octanol–water partition coefficient (Wildman–Crippen LogP) is 2.37. The van der Waals surface area contributed by atoms with E-state index in [1.54, 1.807) is 6.92 Å². The molecule has 0 bridgehead atoms. The van der Waals surface area contributed by atoms with Crippen molar-refractivity contribution in [1.82, 2.24) is 9.62 Å². The molecule has 1 N–H and O–H groups in total. The predicted molar refractivity (Wildman–Crippen MR) is 89.0 cm³/mol. The third-order valence-corrected chi connectivity index (χ3v) is 6.70. The number of rotatable bonds is 5. The number of nitrogens with zero attached hydrogens (tertiary/aromatic N) is 1. The highest BCUT2D eigenvalue weighted by Crippen LogP contribution is 2.49. The lowest BCUT2D eigenvalue weighted by molar-refractivity contribution is 0.0106. The van der Waals surface area contributed by atoms with Crippen molar-refractivity contribution in [2.75, 3.05) is 18.8 Å². The normalized spacial score (nSPS) is 22.6. The van der Waals surface area contributed by atoms with E-state index < -0.39 is 10.0 Å². The van der Waals surface area contributed by atoms with Crippen LogP contribution in [0.3, 0.4) is 0 Å². The fraction of sp³-hybridized carbons (Fsp3) is 0.647. The van der Waals surface area contributed by atoms with Gasteiger partial charge in [0.25, 0.3) is 0 Å². The zero-order valence-electron chi connectivity index (χ0n) is 13.3. The van der Waals surface area contributed by atoms with Gasteiger partial charge in [0.05, 0.1) is 5.75 Å². The Kier molecular flexibility index (Phi) is 4.57. The third kappa shape index (κ3) is 3.70. The van der Waals surface area contributed by atoms with E-state index in [1.165, 1.54) is 18.4 Å². The van der Waals surface area contributed by atoms with Crippen LogP contribution in [0.15, 0.2) is 30.3 Å². The summed E-state index contributed by atoms with van der Waals surface area (Å²) in [5.74, 6) is 0.182. The first kappa shape index (κ1) is 16.0. The molecule has 2 aliphatic rings. The Balaban J connectivity index is 1.45. The van der Waals surface area contributed by atoms with Gasteiger partial charge in [0.1, 0.15) is 0 Å². The van der Waals surface area contributed by atoms with Crippen molar-refractivity contribution in [1.29, 1.82) is 0 Å². The maximum absolute atomic E-state index is 11.6. The SMILES string of the molecule is CCS(=O)(=O)NC1CC2(CCN(Cc3ccccc3)CC2)C1. The van der Waals surface area contributed by atoms with Crippen molar-refractivity contribution >= 4 is 10.0 Å². The van der Waals surface area contributed by atoms with Crippen LogP contribution in [0.25, 0.3) is 0 Å². The maximum atomic E-state index is 11.6. The van der Waals surface area contributed by atoms with Crippen LogP contribution in [0.5, 0.6) is 0 Å². The summed E-state index contributed by atoms with van der Waals surface area (Å²) in [6.45, 7) is 4.98. The van der Waals surface area contributed by atoms with Crippen LogP contribution in [0.1, 0.15) is 38.2 Å². The zero-order chi connectivity index (χ0) is 15.6. The summed E-state index contributed by atoms with van der Waals surface area (Å²) in [7, 11) is -3.05. The largest absolute Gasteiger partial charge is 0.299 e. The Labute approximate surface area is 134 Å². The second kappa shape index (κ2) is 6.30. The highest BCUT2D eigenvalue weighted by Gasteiger charge is 2.46. The van der Waals surface area contributed by atoms with Gasteiger partial charge < -0.3 is 0 Å². The molecule has 0 unspecified atom stereocenters. The van der Waals surface area contributed by atoms with E-state index in [0.717, 1.165) is 32.5 Å². The Bertz CT molecular complexity index is 584. The van der Waals surface area contributed by atoms with Gasteiger partial charge in [-0.3, -0.25) is 4.90 Å². The molecule has 3 rings (SSSR count). The molecule has 0 atom stereocenters. The van der Waals surface area contributed by atoms with Gasteiger partial charge >= 0.3 is 0 Å². The summed E-state index contributed by atoms with van der Waals surface area (Å²) in [5, 5.41) is 0.